The Kier molecular flexibility index (Phi) is 7.63. The van der Waals surface area contributed by atoms with Crippen LogP contribution in [0.15, 0.2) is 71.6 Å². The Morgan fingerprint density at radius 1 is 1.00 bits per heavy atom. The van der Waals surface area contributed by atoms with Gasteiger partial charge in [-0.2, -0.15) is 9.57 Å². The maximum absolute atomic E-state index is 13.5. The molecular formula is C25H21Cl2N3O4S. The monoisotopic (exact) mass is 529 g/mol. The molecule has 1 heterocycles. The molecule has 10 heteroatoms. The van der Waals surface area contributed by atoms with E-state index in [0.29, 0.717) is 28.5 Å². The van der Waals surface area contributed by atoms with Crippen molar-refractivity contribution in [1.29, 1.82) is 5.26 Å². The van der Waals surface area contributed by atoms with E-state index >= 15 is 0 Å². The molecule has 35 heavy (non-hydrogen) atoms. The first-order chi connectivity index (χ1) is 16.8. The van der Waals surface area contributed by atoms with Crippen LogP contribution in [0.3, 0.4) is 0 Å². The number of ether oxygens (including phenoxy) is 1. The number of nitrogens with one attached hydrogen (secondary N) is 1. The topological polar surface area (TPSA) is 99.5 Å². The van der Waals surface area contributed by atoms with Crippen LogP contribution in [0.2, 0.25) is 10.0 Å². The molecule has 0 atom stereocenters. The van der Waals surface area contributed by atoms with Gasteiger partial charge in [0.05, 0.1) is 11.6 Å². The Labute approximate surface area is 213 Å². The molecule has 3 aromatic rings. The lowest BCUT2D eigenvalue weighted by Crippen LogP contribution is -2.46. The number of hydrogen-bond donors (Lipinski definition) is 1. The fraction of sp³-hybridized carbons (Fsp3) is 0.200. The van der Waals surface area contributed by atoms with Gasteiger partial charge in [-0.3, -0.25) is 4.79 Å². The highest BCUT2D eigenvalue weighted by molar-refractivity contribution is 7.89. The molecule has 0 unspecified atom stereocenters. The smallest absolute Gasteiger partial charge is 0.251 e. The van der Waals surface area contributed by atoms with Crippen LogP contribution in [-0.2, 0) is 10.0 Å². The summed E-state index contributed by atoms with van der Waals surface area (Å²) in [5.74, 6) is 0.136. The first kappa shape index (κ1) is 25.0. The Morgan fingerprint density at radius 2 is 1.66 bits per heavy atom. The van der Waals surface area contributed by atoms with Crippen LogP contribution in [0.25, 0.3) is 0 Å². The number of nitrogens with zero attached hydrogens (tertiary/aromatic N) is 2. The summed E-state index contributed by atoms with van der Waals surface area (Å²) in [4.78, 5) is 12.3. The number of halogens is 2. The van der Waals surface area contributed by atoms with Crippen molar-refractivity contribution in [1.82, 2.24) is 9.62 Å². The number of piperidine rings is 1. The van der Waals surface area contributed by atoms with Gasteiger partial charge >= 0.3 is 0 Å². The minimum atomic E-state index is -3.99. The minimum Gasteiger partial charge on any atom is -0.456 e. The van der Waals surface area contributed by atoms with Crippen molar-refractivity contribution >= 4 is 39.1 Å². The Hall–Kier alpha value is -3.09. The van der Waals surface area contributed by atoms with E-state index in [0.717, 1.165) is 0 Å². The Balaban J connectivity index is 1.52. The average molecular weight is 530 g/mol. The number of rotatable bonds is 6. The molecule has 7 nitrogen and oxygen atoms in total. The normalized spacial score (nSPS) is 14.8. The van der Waals surface area contributed by atoms with Crippen LogP contribution in [0.5, 0.6) is 11.5 Å². The van der Waals surface area contributed by atoms with E-state index < -0.39 is 10.0 Å². The van der Waals surface area contributed by atoms with E-state index in [4.69, 9.17) is 27.9 Å². The van der Waals surface area contributed by atoms with Gasteiger partial charge in [0.1, 0.15) is 16.4 Å². The Bertz CT molecular complexity index is 1360. The second kappa shape index (κ2) is 10.7. The number of hydrogen-bond acceptors (Lipinski definition) is 5. The van der Waals surface area contributed by atoms with Crippen molar-refractivity contribution in [3.05, 3.63) is 87.9 Å². The molecule has 4 rings (SSSR count). The zero-order valence-electron chi connectivity index (χ0n) is 18.4. The lowest BCUT2D eigenvalue weighted by atomic mass is 10.1. The van der Waals surface area contributed by atoms with Crippen LogP contribution >= 0.6 is 23.2 Å². The molecule has 1 saturated heterocycles. The zero-order chi connectivity index (χ0) is 25.0. The summed E-state index contributed by atoms with van der Waals surface area (Å²) in [7, 11) is -3.99. The third-order valence-corrected chi connectivity index (χ3v) is 7.94. The summed E-state index contributed by atoms with van der Waals surface area (Å²) in [6.45, 7) is 0.419. The highest BCUT2D eigenvalue weighted by Gasteiger charge is 2.32. The van der Waals surface area contributed by atoms with E-state index in [1.807, 2.05) is 12.1 Å². The van der Waals surface area contributed by atoms with Gasteiger partial charge in [0, 0.05) is 34.7 Å². The molecule has 0 aliphatic carbocycles. The molecule has 1 fully saturated rings. The number of amides is 1. The largest absolute Gasteiger partial charge is 0.456 e. The van der Waals surface area contributed by atoms with E-state index in [-0.39, 0.29) is 47.0 Å². The number of sulfonamides is 1. The van der Waals surface area contributed by atoms with Gasteiger partial charge in [-0.25, -0.2) is 8.42 Å². The molecule has 0 saturated carbocycles. The number of carbonyl (C=O) groups excluding carboxylic acids is 1. The molecule has 180 valence electrons. The molecule has 1 aliphatic heterocycles. The first-order valence-electron chi connectivity index (χ1n) is 10.8. The molecule has 1 aliphatic rings. The van der Waals surface area contributed by atoms with Crippen LogP contribution < -0.4 is 10.1 Å². The maximum Gasteiger partial charge on any atom is 0.251 e. The molecule has 1 amide bonds. The van der Waals surface area contributed by atoms with E-state index in [2.05, 4.69) is 5.32 Å². The van der Waals surface area contributed by atoms with Crippen LogP contribution in [0, 0.1) is 11.3 Å². The standard InChI is InChI=1S/C25H21Cl2N3O4S/c26-19-13-20(27)15-22(14-19)34-23-7-6-17(16-28)12-24(23)35(32,33)30-10-8-21(9-11-30)29-25(31)18-4-2-1-3-5-18/h1-7,12-15,21H,8-11H2,(H,29,31). The van der Waals surface area contributed by atoms with Gasteiger partial charge in [-0.1, -0.05) is 41.4 Å². The fourth-order valence-corrected chi connectivity index (χ4v) is 5.93. The summed E-state index contributed by atoms with van der Waals surface area (Å²) in [6.07, 6.45) is 0.908. The van der Waals surface area contributed by atoms with Gasteiger partial charge in [0.15, 0.2) is 0 Å². The van der Waals surface area contributed by atoms with Crippen LogP contribution in [0.4, 0.5) is 0 Å². The second-order valence-electron chi connectivity index (χ2n) is 8.00. The predicted octanol–water partition coefficient (Wildman–Crippen LogP) is 5.24. The summed E-state index contributed by atoms with van der Waals surface area (Å²) in [6, 6.07) is 19.5. The first-order valence-corrected chi connectivity index (χ1v) is 13.0. The highest BCUT2D eigenvalue weighted by Crippen LogP contribution is 2.35. The van der Waals surface area contributed by atoms with Crippen LogP contribution in [-0.4, -0.2) is 37.8 Å². The third-order valence-electron chi connectivity index (χ3n) is 5.58. The van der Waals surface area contributed by atoms with Gasteiger partial charge in [-0.05, 0) is 61.4 Å². The molecule has 3 aromatic carbocycles. The van der Waals surface area contributed by atoms with Crippen molar-refractivity contribution < 1.29 is 17.9 Å². The summed E-state index contributed by atoms with van der Waals surface area (Å²) in [5.41, 5.74) is 0.740. The van der Waals surface area contributed by atoms with Crippen molar-refractivity contribution in [2.75, 3.05) is 13.1 Å². The number of benzene rings is 3. The van der Waals surface area contributed by atoms with Gasteiger partial charge in [-0.15, -0.1) is 0 Å². The van der Waals surface area contributed by atoms with E-state index in [9.17, 15) is 18.5 Å². The molecule has 0 aromatic heterocycles. The van der Waals surface area contributed by atoms with Gasteiger partial charge in [0.2, 0.25) is 10.0 Å². The van der Waals surface area contributed by atoms with Crippen molar-refractivity contribution in [3.8, 4) is 17.6 Å². The zero-order valence-corrected chi connectivity index (χ0v) is 20.8. The van der Waals surface area contributed by atoms with Gasteiger partial charge in [0.25, 0.3) is 5.91 Å². The van der Waals surface area contributed by atoms with Crippen molar-refractivity contribution in [3.63, 3.8) is 0 Å². The molecule has 0 bridgehead atoms. The van der Waals surface area contributed by atoms with Crippen molar-refractivity contribution in [2.24, 2.45) is 0 Å². The predicted molar refractivity (Wildman–Crippen MR) is 133 cm³/mol. The molecule has 0 radical (unpaired) electrons. The fourth-order valence-electron chi connectivity index (χ4n) is 3.82. The van der Waals surface area contributed by atoms with E-state index in [1.54, 1.807) is 24.3 Å². The lowest BCUT2D eigenvalue weighted by Gasteiger charge is -2.32. The molecular weight excluding hydrogens is 509 g/mol. The number of nitriles is 1. The maximum atomic E-state index is 13.5. The molecule has 0 spiro atoms. The Morgan fingerprint density at radius 3 is 2.29 bits per heavy atom. The summed E-state index contributed by atoms with van der Waals surface area (Å²) < 4.78 is 34.3. The van der Waals surface area contributed by atoms with E-state index in [1.165, 1.54) is 40.7 Å². The minimum absolute atomic E-state index is 0.0573. The van der Waals surface area contributed by atoms with Crippen molar-refractivity contribution in [2.45, 2.75) is 23.8 Å². The summed E-state index contributed by atoms with van der Waals surface area (Å²) in [5, 5.41) is 13.0. The van der Waals surface area contributed by atoms with Gasteiger partial charge < -0.3 is 10.1 Å². The summed E-state index contributed by atoms with van der Waals surface area (Å²) >= 11 is 12.1. The molecule has 1 N–H and O–H groups in total. The lowest BCUT2D eigenvalue weighted by molar-refractivity contribution is 0.0924. The third kappa shape index (κ3) is 5.95. The van der Waals surface area contributed by atoms with Crippen LogP contribution in [0.1, 0.15) is 28.8 Å². The highest BCUT2D eigenvalue weighted by atomic mass is 35.5. The second-order valence-corrected chi connectivity index (χ2v) is 10.8. The quantitative estimate of drug-likeness (QED) is 0.470. The number of carbonyl (C=O) groups is 1. The average Bonchev–Trinajstić information content (AvgIpc) is 2.84. The SMILES string of the molecule is N#Cc1ccc(Oc2cc(Cl)cc(Cl)c2)c(S(=O)(=O)N2CCC(NC(=O)c3ccccc3)CC2)c1.